The van der Waals surface area contributed by atoms with Crippen molar-refractivity contribution >= 4 is 32.6 Å². The van der Waals surface area contributed by atoms with Crippen LogP contribution in [0.25, 0.3) is 0 Å². The molecule has 112 valence electrons. The number of aryl methyl sites for hydroxylation is 2. The first-order valence-corrected chi connectivity index (χ1v) is 7.69. The summed E-state index contributed by atoms with van der Waals surface area (Å²) in [6.45, 7) is 3.50. The Morgan fingerprint density at radius 1 is 0.667 bits per heavy atom. The van der Waals surface area contributed by atoms with E-state index in [-0.39, 0.29) is 21.2 Å². The van der Waals surface area contributed by atoms with Gasteiger partial charge in [-0.1, -0.05) is 0 Å². The first kappa shape index (κ1) is 15.0. The molecule has 0 amide bonds. The number of hydrogen-bond donors (Lipinski definition) is 4. The number of rotatable bonds is 2. The second kappa shape index (κ2) is 4.85. The smallest absolute Gasteiger partial charge is 0.210 e. The Morgan fingerprint density at radius 2 is 1.00 bits per heavy atom. The van der Waals surface area contributed by atoms with Gasteiger partial charge in [0.15, 0.2) is 0 Å². The second-order valence-corrected chi connectivity index (χ2v) is 6.88. The Balaban J connectivity index is 2.74. The molecule has 0 saturated heterocycles. The fraction of sp³-hybridized carbons (Fsp3) is 0.143. The van der Waals surface area contributed by atoms with E-state index < -0.39 is 9.84 Å². The average Bonchev–Trinajstić information content (AvgIpc) is 2.37. The van der Waals surface area contributed by atoms with Gasteiger partial charge in [0.1, 0.15) is 0 Å². The molecule has 0 aliphatic carbocycles. The molecule has 7 heteroatoms. The number of nitrogens with two attached hydrogens (primary N) is 4. The highest BCUT2D eigenvalue weighted by Crippen LogP contribution is 2.34. The maximum Gasteiger partial charge on any atom is 0.210 e. The minimum absolute atomic E-state index is 0.0689. The van der Waals surface area contributed by atoms with Crippen molar-refractivity contribution in [2.75, 3.05) is 22.9 Å². The molecule has 0 heterocycles. The van der Waals surface area contributed by atoms with Gasteiger partial charge in [-0.2, -0.15) is 0 Å². The predicted molar refractivity (Wildman–Crippen MR) is 85.5 cm³/mol. The van der Waals surface area contributed by atoms with Gasteiger partial charge in [-0.05, 0) is 49.2 Å². The van der Waals surface area contributed by atoms with Crippen LogP contribution in [0.3, 0.4) is 0 Å². The predicted octanol–water partition coefficient (Wildman–Crippen LogP) is 1.47. The SMILES string of the molecule is Cc1cc(N)c(S(=O)(=O)c2cc(N)c(C)cc2N)cc1N. The Bertz CT molecular complexity index is 766. The van der Waals surface area contributed by atoms with Crippen LogP contribution in [0.1, 0.15) is 11.1 Å². The number of nitrogen functional groups attached to an aromatic ring is 4. The summed E-state index contributed by atoms with van der Waals surface area (Å²) in [6, 6.07) is 5.73. The molecule has 0 spiro atoms. The van der Waals surface area contributed by atoms with Crippen LogP contribution in [-0.2, 0) is 9.84 Å². The highest BCUT2D eigenvalue weighted by Gasteiger charge is 2.24. The molecule has 0 aliphatic rings. The lowest BCUT2D eigenvalue weighted by Crippen LogP contribution is -2.10. The Labute approximate surface area is 123 Å². The van der Waals surface area contributed by atoms with Crippen LogP contribution in [0.15, 0.2) is 34.1 Å². The van der Waals surface area contributed by atoms with Gasteiger partial charge in [0.2, 0.25) is 9.84 Å². The van der Waals surface area contributed by atoms with E-state index in [0.717, 1.165) is 0 Å². The van der Waals surface area contributed by atoms with E-state index in [2.05, 4.69) is 0 Å². The lowest BCUT2D eigenvalue weighted by molar-refractivity contribution is 0.597. The minimum atomic E-state index is -3.89. The van der Waals surface area contributed by atoms with Crippen molar-refractivity contribution in [3.8, 4) is 0 Å². The van der Waals surface area contributed by atoms with Crippen molar-refractivity contribution < 1.29 is 8.42 Å². The lowest BCUT2D eigenvalue weighted by atomic mass is 10.2. The van der Waals surface area contributed by atoms with Crippen molar-refractivity contribution in [2.24, 2.45) is 0 Å². The fourth-order valence-electron chi connectivity index (χ4n) is 2.04. The monoisotopic (exact) mass is 306 g/mol. The van der Waals surface area contributed by atoms with Crippen molar-refractivity contribution in [1.82, 2.24) is 0 Å². The van der Waals surface area contributed by atoms with Crippen molar-refractivity contribution in [1.29, 1.82) is 0 Å². The molecule has 0 atom stereocenters. The van der Waals surface area contributed by atoms with Gasteiger partial charge in [0.25, 0.3) is 0 Å². The summed E-state index contributed by atoms with van der Waals surface area (Å²) in [5.74, 6) is 0. The van der Waals surface area contributed by atoms with Crippen molar-refractivity contribution in [2.45, 2.75) is 23.6 Å². The topological polar surface area (TPSA) is 138 Å². The van der Waals surface area contributed by atoms with Gasteiger partial charge in [0, 0.05) is 11.4 Å². The second-order valence-electron chi connectivity index (χ2n) is 5.00. The third-order valence-corrected chi connectivity index (χ3v) is 5.24. The average molecular weight is 306 g/mol. The van der Waals surface area contributed by atoms with Crippen LogP contribution >= 0.6 is 0 Å². The summed E-state index contributed by atoms with van der Waals surface area (Å²) in [6.07, 6.45) is 0. The van der Waals surface area contributed by atoms with Crippen LogP contribution in [-0.4, -0.2) is 8.42 Å². The number of hydrogen-bond acceptors (Lipinski definition) is 6. The lowest BCUT2D eigenvalue weighted by Gasteiger charge is -2.13. The number of anilines is 4. The van der Waals surface area contributed by atoms with Gasteiger partial charge in [-0.15, -0.1) is 0 Å². The van der Waals surface area contributed by atoms with Gasteiger partial charge in [-0.25, -0.2) is 8.42 Å². The van der Waals surface area contributed by atoms with E-state index >= 15 is 0 Å². The van der Waals surface area contributed by atoms with Crippen LogP contribution < -0.4 is 22.9 Å². The molecule has 21 heavy (non-hydrogen) atoms. The van der Waals surface area contributed by atoms with Crippen LogP contribution in [0.2, 0.25) is 0 Å². The third kappa shape index (κ3) is 2.47. The Kier molecular flexibility index (Phi) is 3.46. The molecular weight excluding hydrogens is 288 g/mol. The molecule has 2 aromatic rings. The zero-order valence-electron chi connectivity index (χ0n) is 11.8. The minimum Gasteiger partial charge on any atom is -0.398 e. The maximum absolute atomic E-state index is 12.7. The summed E-state index contributed by atoms with van der Waals surface area (Å²) < 4.78 is 25.5. The molecular formula is C14H18N4O2S. The standard InChI is InChI=1S/C14H18N4O2S/c1-7-3-11(17)13(5-9(7)15)21(19,20)14-6-10(16)8(2)4-12(14)18/h3-6H,15-18H2,1-2H3. The molecule has 0 fully saturated rings. The first-order valence-electron chi connectivity index (χ1n) is 6.21. The quantitative estimate of drug-likeness (QED) is 0.620. The molecule has 0 aromatic heterocycles. The third-order valence-electron chi connectivity index (χ3n) is 3.38. The largest absolute Gasteiger partial charge is 0.398 e. The normalized spacial score (nSPS) is 11.5. The van der Waals surface area contributed by atoms with Crippen LogP contribution in [0, 0.1) is 13.8 Å². The summed E-state index contributed by atoms with van der Waals surface area (Å²) in [7, 11) is -3.89. The highest BCUT2D eigenvalue weighted by molar-refractivity contribution is 7.91. The van der Waals surface area contributed by atoms with Gasteiger partial charge >= 0.3 is 0 Å². The zero-order chi connectivity index (χ0) is 15.9. The molecule has 2 rings (SSSR count). The molecule has 6 nitrogen and oxygen atoms in total. The fourth-order valence-corrected chi connectivity index (χ4v) is 3.58. The molecule has 0 unspecified atom stereocenters. The molecule has 0 aliphatic heterocycles. The van der Waals surface area contributed by atoms with E-state index in [9.17, 15) is 8.42 Å². The highest BCUT2D eigenvalue weighted by atomic mass is 32.2. The summed E-state index contributed by atoms with van der Waals surface area (Å²) in [5, 5.41) is 0. The summed E-state index contributed by atoms with van der Waals surface area (Å²) >= 11 is 0. The van der Waals surface area contributed by atoms with Crippen LogP contribution in [0.4, 0.5) is 22.7 Å². The van der Waals surface area contributed by atoms with E-state index in [4.69, 9.17) is 22.9 Å². The zero-order valence-corrected chi connectivity index (χ0v) is 12.7. The maximum atomic E-state index is 12.7. The number of sulfone groups is 1. The summed E-state index contributed by atoms with van der Waals surface area (Å²) in [5.41, 5.74) is 25.6. The molecule has 0 bridgehead atoms. The van der Waals surface area contributed by atoms with E-state index in [1.54, 1.807) is 13.8 Å². The van der Waals surface area contributed by atoms with E-state index in [0.29, 0.717) is 22.5 Å². The van der Waals surface area contributed by atoms with Crippen molar-refractivity contribution in [3.63, 3.8) is 0 Å². The Hall–Kier alpha value is -2.41. The molecule has 0 radical (unpaired) electrons. The van der Waals surface area contributed by atoms with Crippen LogP contribution in [0.5, 0.6) is 0 Å². The van der Waals surface area contributed by atoms with Gasteiger partial charge < -0.3 is 22.9 Å². The van der Waals surface area contributed by atoms with Gasteiger partial charge in [-0.3, -0.25) is 0 Å². The molecule has 8 N–H and O–H groups in total. The number of benzene rings is 2. The molecule has 0 saturated carbocycles. The van der Waals surface area contributed by atoms with Crippen molar-refractivity contribution in [3.05, 3.63) is 35.4 Å². The first-order chi connectivity index (χ1) is 9.64. The van der Waals surface area contributed by atoms with E-state index in [1.165, 1.54) is 24.3 Å². The van der Waals surface area contributed by atoms with E-state index in [1.807, 2.05) is 0 Å². The summed E-state index contributed by atoms with van der Waals surface area (Å²) in [4.78, 5) is -0.138. The molecule has 2 aromatic carbocycles. The Morgan fingerprint density at radius 3 is 1.33 bits per heavy atom. The van der Waals surface area contributed by atoms with Gasteiger partial charge in [0.05, 0.1) is 21.2 Å².